The second-order valence-electron chi connectivity index (χ2n) is 2.41. The monoisotopic (exact) mass is 192 g/mol. The summed E-state index contributed by atoms with van der Waals surface area (Å²) < 4.78 is 0. The lowest BCUT2D eigenvalue weighted by Crippen LogP contribution is -2.12. The van der Waals surface area contributed by atoms with Crippen LogP contribution >= 0.6 is 0 Å². The van der Waals surface area contributed by atoms with Crippen LogP contribution in [0.4, 0.5) is 0 Å². The van der Waals surface area contributed by atoms with Crippen molar-refractivity contribution in [1.82, 2.24) is 0 Å². The topological polar surface area (TPSA) is 55.4 Å². The van der Waals surface area contributed by atoms with Crippen LogP contribution in [0.5, 0.6) is 0 Å². The third kappa shape index (κ3) is 3.39. The van der Waals surface area contributed by atoms with Gasteiger partial charge in [-0.1, -0.05) is 44.2 Å². The lowest BCUT2D eigenvalue weighted by molar-refractivity contribution is 0.106. The van der Waals surface area contributed by atoms with Gasteiger partial charge in [-0.15, -0.1) is 0 Å². The highest BCUT2D eigenvalue weighted by Gasteiger charge is 2.07. The van der Waals surface area contributed by atoms with Gasteiger partial charge in [0.2, 0.25) is 5.78 Å². The number of carbonyl (C=O) groups excluding carboxylic acids is 1. The van der Waals surface area contributed by atoms with E-state index in [2.05, 4.69) is 5.10 Å². The molecule has 0 aliphatic heterocycles. The fourth-order valence-corrected chi connectivity index (χ4v) is 0.857. The SMILES string of the molecule is C/C(=N/N)C(=O)c1ccccc1.CC. The van der Waals surface area contributed by atoms with Gasteiger partial charge >= 0.3 is 0 Å². The van der Waals surface area contributed by atoms with Gasteiger partial charge in [-0.3, -0.25) is 4.79 Å². The molecule has 0 radical (unpaired) electrons. The largest absolute Gasteiger partial charge is 0.323 e. The molecule has 0 fully saturated rings. The van der Waals surface area contributed by atoms with Crippen molar-refractivity contribution in [3.8, 4) is 0 Å². The third-order valence-electron chi connectivity index (χ3n) is 1.56. The van der Waals surface area contributed by atoms with Crippen molar-refractivity contribution < 1.29 is 4.79 Å². The number of hydrogen-bond donors (Lipinski definition) is 1. The van der Waals surface area contributed by atoms with Gasteiger partial charge in [-0.05, 0) is 6.92 Å². The maximum absolute atomic E-state index is 11.4. The van der Waals surface area contributed by atoms with Crippen molar-refractivity contribution in [2.45, 2.75) is 20.8 Å². The van der Waals surface area contributed by atoms with E-state index in [-0.39, 0.29) is 5.78 Å². The van der Waals surface area contributed by atoms with Crippen molar-refractivity contribution in [2.24, 2.45) is 10.9 Å². The fraction of sp³-hybridized carbons (Fsp3) is 0.273. The van der Waals surface area contributed by atoms with E-state index in [1.807, 2.05) is 19.9 Å². The summed E-state index contributed by atoms with van der Waals surface area (Å²) in [5.74, 6) is 4.85. The molecule has 0 unspecified atom stereocenters. The van der Waals surface area contributed by atoms with Gasteiger partial charge in [0.15, 0.2) is 0 Å². The number of hydrazone groups is 1. The molecule has 1 aromatic carbocycles. The number of hydrogen-bond acceptors (Lipinski definition) is 3. The Hall–Kier alpha value is -1.64. The van der Waals surface area contributed by atoms with Gasteiger partial charge in [0.25, 0.3) is 0 Å². The Balaban J connectivity index is 0.000000791. The molecule has 0 amide bonds. The van der Waals surface area contributed by atoms with E-state index in [0.717, 1.165) is 0 Å². The van der Waals surface area contributed by atoms with E-state index in [9.17, 15) is 4.79 Å². The Morgan fingerprint density at radius 3 is 2.14 bits per heavy atom. The molecule has 0 saturated heterocycles. The van der Waals surface area contributed by atoms with Gasteiger partial charge in [0, 0.05) is 5.56 Å². The second kappa shape index (κ2) is 6.83. The van der Waals surface area contributed by atoms with E-state index in [4.69, 9.17) is 5.84 Å². The molecule has 76 valence electrons. The molecule has 2 N–H and O–H groups in total. The van der Waals surface area contributed by atoms with Crippen LogP contribution in [-0.2, 0) is 0 Å². The van der Waals surface area contributed by atoms with Crippen molar-refractivity contribution in [3.63, 3.8) is 0 Å². The predicted molar refractivity (Wildman–Crippen MR) is 59.4 cm³/mol. The number of nitrogens with two attached hydrogens (primary N) is 1. The molecule has 1 aromatic rings. The molecular formula is C11H16N2O. The summed E-state index contributed by atoms with van der Waals surface area (Å²) in [6.45, 7) is 5.59. The Kier molecular flexibility index (Phi) is 6.03. The molecule has 0 bridgehead atoms. The number of benzene rings is 1. The summed E-state index contributed by atoms with van der Waals surface area (Å²) in [4.78, 5) is 11.4. The van der Waals surface area contributed by atoms with Gasteiger partial charge in [0.1, 0.15) is 5.71 Å². The van der Waals surface area contributed by atoms with Crippen LogP contribution in [0.2, 0.25) is 0 Å². The minimum Gasteiger partial charge on any atom is -0.323 e. The van der Waals surface area contributed by atoms with Gasteiger partial charge in [-0.2, -0.15) is 5.10 Å². The number of carbonyl (C=O) groups is 1. The molecule has 3 nitrogen and oxygen atoms in total. The summed E-state index contributed by atoms with van der Waals surface area (Å²) in [5.41, 5.74) is 0.936. The van der Waals surface area contributed by atoms with Crippen LogP contribution in [0.1, 0.15) is 31.1 Å². The molecule has 3 heteroatoms. The van der Waals surface area contributed by atoms with Gasteiger partial charge in [0.05, 0.1) is 0 Å². The van der Waals surface area contributed by atoms with Crippen molar-refractivity contribution in [2.75, 3.05) is 0 Å². The Morgan fingerprint density at radius 2 is 1.71 bits per heavy atom. The van der Waals surface area contributed by atoms with Crippen LogP contribution in [0.25, 0.3) is 0 Å². The summed E-state index contributed by atoms with van der Waals surface area (Å²) in [7, 11) is 0. The van der Waals surface area contributed by atoms with Gasteiger partial charge in [-0.25, -0.2) is 0 Å². The zero-order valence-corrected chi connectivity index (χ0v) is 8.82. The molecule has 0 aliphatic carbocycles. The summed E-state index contributed by atoms with van der Waals surface area (Å²) in [5, 5.41) is 3.33. The molecule has 0 aliphatic rings. The van der Waals surface area contributed by atoms with Crippen molar-refractivity contribution in [3.05, 3.63) is 35.9 Å². The Labute approximate surface area is 84.6 Å². The number of Topliss-reactive ketones (excluding diaryl/α,β-unsaturated/α-hetero) is 1. The summed E-state index contributed by atoms with van der Waals surface area (Å²) in [6, 6.07) is 8.92. The van der Waals surface area contributed by atoms with Crippen LogP contribution in [-0.4, -0.2) is 11.5 Å². The van der Waals surface area contributed by atoms with Crippen molar-refractivity contribution in [1.29, 1.82) is 0 Å². The Morgan fingerprint density at radius 1 is 1.21 bits per heavy atom. The van der Waals surface area contributed by atoms with Gasteiger partial charge < -0.3 is 5.84 Å². The summed E-state index contributed by atoms with van der Waals surface area (Å²) >= 11 is 0. The number of nitrogens with zero attached hydrogens (tertiary/aromatic N) is 1. The fourth-order valence-electron chi connectivity index (χ4n) is 0.857. The molecule has 0 spiro atoms. The zero-order valence-electron chi connectivity index (χ0n) is 8.82. The van der Waals surface area contributed by atoms with E-state index >= 15 is 0 Å². The predicted octanol–water partition coefficient (Wildman–Crippen LogP) is 2.23. The molecule has 0 saturated carbocycles. The van der Waals surface area contributed by atoms with Crippen LogP contribution in [0, 0.1) is 0 Å². The molecule has 14 heavy (non-hydrogen) atoms. The van der Waals surface area contributed by atoms with Crippen LogP contribution < -0.4 is 5.84 Å². The van der Waals surface area contributed by atoms with Crippen LogP contribution in [0.3, 0.4) is 0 Å². The standard InChI is InChI=1S/C9H10N2O.C2H6/c1-7(11-10)9(12)8-5-3-2-4-6-8;1-2/h2-6H,10H2,1H3;1-2H3/b11-7-;. The quantitative estimate of drug-likeness (QED) is 0.338. The first-order valence-electron chi connectivity index (χ1n) is 4.60. The smallest absolute Gasteiger partial charge is 0.208 e. The third-order valence-corrected chi connectivity index (χ3v) is 1.56. The lowest BCUT2D eigenvalue weighted by Gasteiger charge is -1.96. The lowest BCUT2D eigenvalue weighted by atomic mass is 10.1. The molecule has 0 heterocycles. The first-order chi connectivity index (χ1) is 6.75. The van der Waals surface area contributed by atoms with E-state index < -0.39 is 0 Å². The van der Waals surface area contributed by atoms with E-state index in [0.29, 0.717) is 11.3 Å². The van der Waals surface area contributed by atoms with E-state index in [1.165, 1.54) is 0 Å². The van der Waals surface area contributed by atoms with E-state index in [1.54, 1.807) is 31.2 Å². The van der Waals surface area contributed by atoms with Crippen LogP contribution in [0.15, 0.2) is 35.4 Å². The maximum Gasteiger partial charge on any atom is 0.208 e. The minimum absolute atomic E-state index is 0.127. The first-order valence-corrected chi connectivity index (χ1v) is 4.60. The molecule has 1 rings (SSSR count). The average molecular weight is 192 g/mol. The second-order valence-corrected chi connectivity index (χ2v) is 2.41. The highest BCUT2D eigenvalue weighted by Crippen LogP contribution is 2.00. The zero-order chi connectivity index (χ0) is 11.0. The molecule has 0 atom stereocenters. The van der Waals surface area contributed by atoms with Crippen molar-refractivity contribution >= 4 is 11.5 Å². The highest BCUT2D eigenvalue weighted by molar-refractivity contribution is 6.45. The Bertz CT molecular complexity index is 304. The molecule has 0 aromatic heterocycles. The first kappa shape index (κ1) is 12.4. The average Bonchev–Trinajstić information content (AvgIpc) is 2.31. The number of ketones is 1. The maximum atomic E-state index is 11.4. The normalized spacial score (nSPS) is 10.1. The summed E-state index contributed by atoms with van der Waals surface area (Å²) in [6.07, 6.45) is 0. The number of rotatable bonds is 2. The molecular weight excluding hydrogens is 176 g/mol. The highest BCUT2D eigenvalue weighted by atomic mass is 16.1. The minimum atomic E-state index is -0.127.